The van der Waals surface area contributed by atoms with Gasteiger partial charge in [0.05, 0.1) is 10.7 Å². The van der Waals surface area contributed by atoms with Crippen LogP contribution in [0.4, 0.5) is 4.39 Å². The van der Waals surface area contributed by atoms with Crippen LogP contribution >= 0.6 is 22.9 Å². The number of hydrogen-bond acceptors (Lipinski definition) is 3. The van der Waals surface area contributed by atoms with Crippen molar-refractivity contribution in [3.8, 4) is 0 Å². The molecule has 2 nitrogen and oxygen atoms in total. The Balaban J connectivity index is 2.28. The van der Waals surface area contributed by atoms with Crippen molar-refractivity contribution in [1.82, 2.24) is 10.3 Å². The van der Waals surface area contributed by atoms with E-state index in [-0.39, 0.29) is 11.9 Å². The molecule has 0 saturated carbocycles. The van der Waals surface area contributed by atoms with Gasteiger partial charge in [0, 0.05) is 28.4 Å². The molecule has 1 N–H and O–H groups in total. The lowest BCUT2D eigenvalue weighted by Gasteiger charge is -2.17. The number of nitrogens with one attached hydrogen (secondary N) is 1. The molecule has 1 atom stereocenters. The molecule has 5 heteroatoms. The molecule has 0 bridgehead atoms. The van der Waals surface area contributed by atoms with E-state index >= 15 is 0 Å². The van der Waals surface area contributed by atoms with Gasteiger partial charge in [0.2, 0.25) is 0 Å². The zero-order chi connectivity index (χ0) is 13.1. The molecular formula is C13H14ClFN2S. The fourth-order valence-corrected chi connectivity index (χ4v) is 2.82. The third-order valence-corrected chi connectivity index (χ3v) is 3.93. The monoisotopic (exact) mass is 284 g/mol. The summed E-state index contributed by atoms with van der Waals surface area (Å²) in [5, 5.41) is 6.55. The number of aryl methyl sites for hydroxylation is 1. The van der Waals surface area contributed by atoms with Gasteiger partial charge in [0.15, 0.2) is 0 Å². The average molecular weight is 285 g/mol. The van der Waals surface area contributed by atoms with E-state index in [9.17, 15) is 4.39 Å². The molecular weight excluding hydrogens is 271 g/mol. The zero-order valence-corrected chi connectivity index (χ0v) is 11.8. The molecule has 0 amide bonds. The van der Waals surface area contributed by atoms with Gasteiger partial charge in [-0.05, 0) is 26.1 Å². The number of benzene rings is 1. The van der Waals surface area contributed by atoms with E-state index in [1.807, 2.05) is 12.3 Å². The molecule has 0 aliphatic carbocycles. The van der Waals surface area contributed by atoms with Crippen LogP contribution in [0.15, 0.2) is 23.6 Å². The molecule has 2 aromatic rings. The van der Waals surface area contributed by atoms with Crippen molar-refractivity contribution >= 4 is 22.9 Å². The highest BCUT2D eigenvalue weighted by Crippen LogP contribution is 2.28. The molecule has 0 spiro atoms. The first-order chi connectivity index (χ1) is 8.61. The Labute approximate surface area is 115 Å². The third kappa shape index (κ3) is 2.88. The van der Waals surface area contributed by atoms with Crippen LogP contribution < -0.4 is 5.32 Å². The topological polar surface area (TPSA) is 24.9 Å². The highest BCUT2D eigenvalue weighted by atomic mass is 35.5. The van der Waals surface area contributed by atoms with Gasteiger partial charge in [-0.15, -0.1) is 11.3 Å². The predicted octanol–water partition coefficient (Wildman–Crippen LogP) is 3.75. The largest absolute Gasteiger partial charge is 0.313 e. The smallest absolute Gasteiger partial charge is 0.129 e. The maximum Gasteiger partial charge on any atom is 0.129 e. The minimum absolute atomic E-state index is 0.166. The molecule has 0 radical (unpaired) electrons. The Morgan fingerprint density at radius 3 is 2.83 bits per heavy atom. The van der Waals surface area contributed by atoms with E-state index in [1.165, 1.54) is 6.07 Å². The summed E-state index contributed by atoms with van der Waals surface area (Å²) in [5.74, 6) is -0.284. The van der Waals surface area contributed by atoms with Crippen LogP contribution in [0.25, 0.3) is 0 Å². The van der Waals surface area contributed by atoms with Gasteiger partial charge in [-0.2, -0.15) is 0 Å². The number of rotatable bonds is 4. The van der Waals surface area contributed by atoms with E-state index in [1.54, 1.807) is 30.5 Å². The minimum atomic E-state index is -0.284. The number of nitrogens with zero attached hydrogens (tertiary/aromatic N) is 1. The molecule has 1 aromatic heterocycles. The Hall–Kier alpha value is -0.970. The molecule has 18 heavy (non-hydrogen) atoms. The SMILES string of the molecule is CNC(Cc1csc(C)n1)c1c(F)cccc1Cl. The second-order valence-corrected chi connectivity index (χ2v) is 5.51. The standard InChI is InChI=1S/C13H14ClFN2S/c1-8-17-9(7-18-8)6-12(16-2)13-10(14)4-3-5-11(13)15/h3-5,7,12,16H,6H2,1-2H3. The van der Waals surface area contributed by atoms with Crippen molar-refractivity contribution in [2.45, 2.75) is 19.4 Å². The Kier molecular flexibility index (Phi) is 4.32. The van der Waals surface area contributed by atoms with E-state index in [4.69, 9.17) is 11.6 Å². The number of aromatic nitrogens is 1. The summed E-state index contributed by atoms with van der Waals surface area (Å²) in [6.45, 7) is 1.96. The summed E-state index contributed by atoms with van der Waals surface area (Å²) in [7, 11) is 1.80. The second-order valence-electron chi connectivity index (χ2n) is 4.04. The Morgan fingerprint density at radius 1 is 1.50 bits per heavy atom. The summed E-state index contributed by atoms with van der Waals surface area (Å²) >= 11 is 7.67. The van der Waals surface area contributed by atoms with Crippen LogP contribution in [0.2, 0.25) is 5.02 Å². The van der Waals surface area contributed by atoms with E-state index in [2.05, 4.69) is 10.3 Å². The summed E-state index contributed by atoms with van der Waals surface area (Å²) < 4.78 is 13.9. The first-order valence-corrected chi connectivity index (χ1v) is 6.89. The van der Waals surface area contributed by atoms with Crippen LogP contribution in [0.5, 0.6) is 0 Å². The lowest BCUT2D eigenvalue weighted by Crippen LogP contribution is -2.20. The Bertz CT molecular complexity index is 521. The molecule has 0 saturated heterocycles. The third-order valence-electron chi connectivity index (χ3n) is 2.78. The maximum atomic E-state index is 13.9. The number of halogens is 2. The normalized spacial score (nSPS) is 12.7. The molecule has 0 fully saturated rings. The highest BCUT2D eigenvalue weighted by Gasteiger charge is 2.18. The van der Waals surface area contributed by atoms with Crippen molar-refractivity contribution in [3.05, 3.63) is 50.7 Å². The number of likely N-dealkylation sites (N-methyl/N-ethyl adjacent to an activating group) is 1. The maximum absolute atomic E-state index is 13.9. The van der Waals surface area contributed by atoms with Crippen LogP contribution in [0, 0.1) is 12.7 Å². The second kappa shape index (κ2) is 5.78. The van der Waals surface area contributed by atoms with E-state index in [0.717, 1.165) is 10.7 Å². The van der Waals surface area contributed by atoms with Crippen molar-refractivity contribution in [2.75, 3.05) is 7.05 Å². The van der Waals surface area contributed by atoms with E-state index < -0.39 is 0 Å². The molecule has 1 heterocycles. The zero-order valence-electron chi connectivity index (χ0n) is 10.2. The van der Waals surface area contributed by atoms with Gasteiger partial charge in [0.25, 0.3) is 0 Å². The molecule has 0 aliphatic rings. The van der Waals surface area contributed by atoms with E-state index in [0.29, 0.717) is 17.0 Å². The fourth-order valence-electron chi connectivity index (χ4n) is 1.90. The van der Waals surface area contributed by atoms with Crippen molar-refractivity contribution in [2.24, 2.45) is 0 Å². The number of thiazole rings is 1. The van der Waals surface area contributed by atoms with Gasteiger partial charge in [-0.1, -0.05) is 17.7 Å². The van der Waals surface area contributed by atoms with Crippen molar-refractivity contribution < 1.29 is 4.39 Å². The number of hydrogen-bond donors (Lipinski definition) is 1. The highest BCUT2D eigenvalue weighted by molar-refractivity contribution is 7.09. The molecule has 1 unspecified atom stereocenters. The van der Waals surface area contributed by atoms with Gasteiger partial charge >= 0.3 is 0 Å². The van der Waals surface area contributed by atoms with Crippen molar-refractivity contribution in [1.29, 1.82) is 0 Å². The molecule has 1 aromatic carbocycles. The minimum Gasteiger partial charge on any atom is -0.313 e. The van der Waals surface area contributed by atoms with Crippen LogP contribution in [-0.4, -0.2) is 12.0 Å². The summed E-state index contributed by atoms with van der Waals surface area (Å²) in [6, 6.07) is 4.58. The quantitative estimate of drug-likeness (QED) is 0.925. The average Bonchev–Trinajstić information content (AvgIpc) is 2.73. The van der Waals surface area contributed by atoms with Crippen molar-refractivity contribution in [3.63, 3.8) is 0 Å². The first-order valence-electron chi connectivity index (χ1n) is 5.64. The fraction of sp³-hybridized carbons (Fsp3) is 0.308. The first kappa shape index (κ1) is 13.5. The Morgan fingerprint density at radius 2 is 2.28 bits per heavy atom. The van der Waals surface area contributed by atoms with Crippen LogP contribution in [0.1, 0.15) is 22.3 Å². The predicted molar refractivity (Wildman–Crippen MR) is 73.8 cm³/mol. The van der Waals surface area contributed by atoms with Crippen LogP contribution in [-0.2, 0) is 6.42 Å². The summed E-state index contributed by atoms with van der Waals surface area (Å²) in [6.07, 6.45) is 0.626. The summed E-state index contributed by atoms with van der Waals surface area (Å²) in [5.41, 5.74) is 1.46. The van der Waals surface area contributed by atoms with Crippen LogP contribution in [0.3, 0.4) is 0 Å². The lowest BCUT2D eigenvalue weighted by atomic mass is 10.0. The van der Waals surface area contributed by atoms with Gasteiger partial charge in [-0.3, -0.25) is 0 Å². The van der Waals surface area contributed by atoms with Gasteiger partial charge in [0.1, 0.15) is 5.82 Å². The molecule has 0 aliphatic heterocycles. The van der Waals surface area contributed by atoms with Gasteiger partial charge < -0.3 is 5.32 Å². The molecule has 2 rings (SSSR count). The summed E-state index contributed by atoms with van der Waals surface area (Å²) in [4.78, 5) is 4.40. The molecule has 96 valence electrons. The lowest BCUT2D eigenvalue weighted by molar-refractivity contribution is 0.531. The van der Waals surface area contributed by atoms with Gasteiger partial charge in [-0.25, -0.2) is 9.37 Å².